The van der Waals surface area contributed by atoms with Gasteiger partial charge in [0.2, 0.25) is 11.8 Å². The second-order valence-electron chi connectivity index (χ2n) is 7.77. The van der Waals surface area contributed by atoms with E-state index in [0.717, 1.165) is 62.9 Å². The number of hydrogen-bond acceptors (Lipinski definition) is 10. The first kappa shape index (κ1) is 43.9. The third-order valence-corrected chi connectivity index (χ3v) is 6.16. The zero-order valence-electron chi connectivity index (χ0n) is 22.4. The Bertz CT molecular complexity index is 541. The largest absolute Gasteiger partial charge is 2.00 e. The molecule has 0 aromatic carbocycles. The minimum atomic E-state index is -1.14. The average molecular weight is 646 g/mol. The third kappa shape index (κ3) is 37.1. The summed E-state index contributed by atoms with van der Waals surface area (Å²) in [5.74, 6) is -0.826. The van der Waals surface area contributed by atoms with Gasteiger partial charge in [-0.15, -0.1) is 0 Å². The molecule has 0 heterocycles. The number of unbranched alkanes of at least 4 members (excludes halogenated alkanes) is 2. The van der Waals surface area contributed by atoms with Crippen molar-refractivity contribution in [3.05, 3.63) is 0 Å². The zero-order chi connectivity index (χ0) is 26.2. The summed E-state index contributed by atoms with van der Waals surface area (Å²) in [5, 5.41) is 26.0. The van der Waals surface area contributed by atoms with Gasteiger partial charge in [0.25, 0.3) is 0 Å². The molecule has 202 valence electrons. The smallest absolute Gasteiger partial charge is 1.00 e. The van der Waals surface area contributed by atoms with Gasteiger partial charge in [-0.1, -0.05) is 12.8 Å². The van der Waals surface area contributed by atoms with Crippen LogP contribution in [-0.4, -0.2) is 58.8 Å². The molecule has 0 aliphatic carbocycles. The van der Waals surface area contributed by atoms with E-state index in [-0.39, 0.29) is 88.2 Å². The predicted molar refractivity (Wildman–Crippen MR) is 146 cm³/mol. The first-order valence-corrected chi connectivity index (χ1v) is 13.9. The van der Waals surface area contributed by atoms with Crippen molar-refractivity contribution < 1.29 is 79.9 Å². The molecule has 36 heavy (non-hydrogen) atoms. The number of carboxylic acids is 2. The fourth-order valence-electron chi connectivity index (χ4n) is 2.70. The molecular formula is C22H41N2NaO6S4Zn. The SMILES string of the molecule is O=C([O-])CCNC(=O)CCCCC(S)CCS.O=C([O-])CCNC(=O)CCCCC(S)CCS.[H-].[Na+].[Zn+2]. The summed E-state index contributed by atoms with van der Waals surface area (Å²) in [4.78, 5) is 42.7. The van der Waals surface area contributed by atoms with E-state index < -0.39 is 11.9 Å². The Morgan fingerprint density at radius 1 is 0.639 bits per heavy atom. The van der Waals surface area contributed by atoms with Crippen LogP contribution in [0.4, 0.5) is 0 Å². The molecule has 0 aromatic heterocycles. The Balaban J connectivity index is -0.000000171. The summed E-state index contributed by atoms with van der Waals surface area (Å²) in [6.07, 6.45) is 8.05. The van der Waals surface area contributed by atoms with Gasteiger partial charge in [-0.2, -0.15) is 50.5 Å². The molecule has 2 unspecified atom stereocenters. The minimum absolute atomic E-state index is 0. The molecule has 8 nitrogen and oxygen atoms in total. The van der Waals surface area contributed by atoms with Crippen LogP contribution >= 0.6 is 50.5 Å². The van der Waals surface area contributed by atoms with Gasteiger partial charge in [0.1, 0.15) is 0 Å². The Kier molecular flexibility index (Phi) is 39.2. The van der Waals surface area contributed by atoms with Crippen LogP contribution in [0, 0.1) is 0 Å². The van der Waals surface area contributed by atoms with Crippen molar-refractivity contribution in [3.8, 4) is 0 Å². The predicted octanol–water partition coefficient (Wildman–Crippen LogP) is -2.04. The van der Waals surface area contributed by atoms with Crippen LogP contribution in [0.3, 0.4) is 0 Å². The fourth-order valence-corrected chi connectivity index (χ4v) is 4.36. The van der Waals surface area contributed by atoms with Crippen molar-refractivity contribution in [2.24, 2.45) is 0 Å². The Morgan fingerprint density at radius 2 is 0.972 bits per heavy atom. The van der Waals surface area contributed by atoms with Crippen LogP contribution in [0.5, 0.6) is 0 Å². The van der Waals surface area contributed by atoms with Crippen LogP contribution in [-0.2, 0) is 38.7 Å². The maximum atomic E-state index is 11.2. The van der Waals surface area contributed by atoms with Crippen molar-refractivity contribution in [1.82, 2.24) is 10.6 Å². The second-order valence-corrected chi connectivity index (χ2v) is 10.1. The van der Waals surface area contributed by atoms with Crippen LogP contribution < -0.4 is 50.4 Å². The summed E-state index contributed by atoms with van der Waals surface area (Å²) < 4.78 is 0. The number of carbonyl (C=O) groups excluding carboxylic acids is 4. The molecule has 0 saturated heterocycles. The molecule has 2 atom stereocenters. The number of carboxylic acid groups (broad SMARTS) is 2. The van der Waals surface area contributed by atoms with E-state index in [0.29, 0.717) is 23.3 Å². The molecular weight excluding hydrogens is 605 g/mol. The molecule has 0 aliphatic heterocycles. The molecule has 14 heteroatoms. The quantitative estimate of drug-likeness (QED) is 0.0513. The number of rotatable bonds is 20. The van der Waals surface area contributed by atoms with Gasteiger partial charge >= 0.3 is 49.0 Å². The Hall–Kier alpha value is 0.903. The molecule has 0 aliphatic rings. The van der Waals surface area contributed by atoms with Crippen molar-refractivity contribution in [2.45, 2.75) is 87.5 Å². The van der Waals surface area contributed by atoms with Gasteiger partial charge in [-0.3, -0.25) is 9.59 Å². The first-order valence-electron chi connectivity index (χ1n) is 11.6. The van der Waals surface area contributed by atoms with E-state index in [2.05, 4.69) is 61.1 Å². The maximum absolute atomic E-state index is 11.2. The topological polar surface area (TPSA) is 138 Å². The Labute approximate surface area is 274 Å². The monoisotopic (exact) mass is 644 g/mol. The van der Waals surface area contributed by atoms with Crippen LogP contribution in [0.1, 0.15) is 78.5 Å². The fraction of sp³-hybridized carbons (Fsp3) is 0.818. The number of nitrogens with one attached hydrogen (secondary N) is 2. The zero-order valence-corrected chi connectivity index (χ0v) is 30.0. The standard InChI is InChI=1S/2C11H21NO3S2.Na.Zn.H/c2*13-10(12-7-5-11(14)15)4-2-1-3-9(17)6-8-16;;;/h2*9,16-17H,1-8H2,(H,12,13)(H,14,15);;;/q;;+1;+2;-1/p-2. The molecule has 0 aromatic rings. The van der Waals surface area contributed by atoms with E-state index in [1.54, 1.807) is 0 Å². The van der Waals surface area contributed by atoms with Crippen molar-refractivity contribution >= 4 is 74.3 Å². The van der Waals surface area contributed by atoms with E-state index >= 15 is 0 Å². The summed E-state index contributed by atoms with van der Waals surface area (Å²) in [7, 11) is 0. The van der Waals surface area contributed by atoms with Gasteiger partial charge in [0.05, 0.1) is 0 Å². The summed E-state index contributed by atoms with van der Waals surface area (Å²) in [6, 6.07) is 0. The molecule has 0 bridgehead atoms. The summed E-state index contributed by atoms with van der Waals surface area (Å²) in [6.45, 7) is 0.298. The molecule has 0 radical (unpaired) electrons. The molecule has 2 amide bonds. The first-order chi connectivity index (χ1) is 16.1. The molecule has 0 rings (SSSR count). The summed E-state index contributed by atoms with van der Waals surface area (Å²) >= 11 is 17.0. The summed E-state index contributed by atoms with van der Waals surface area (Å²) in [5.41, 5.74) is 0. The number of carbonyl (C=O) groups is 4. The van der Waals surface area contributed by atoms with Gasteiger partial charge in [0.15, 0.2) is 0 Å². The number of thiol groups is 4. The molecule has 0 spiro atoms. The van der Waals surface area contributed by atoms with Crippen molar-refractivity contribution in [2.75, 3.05) is 24.6 Å². The second kappa shape index (κ2) is 32.1. The van der Waals surface area contributed by atoms with Crippen LogP contribution in [0.15, 0.2) is 0 Å². The van der Waals surface area contributed by atoms with Gasteiger partial charge < -0.3 is 31.9 Å². The van der Waals surface area contributed by atoms with Crippen LogP contribution in [0.25, 0.3) is 0 Å². The van der Waals surface area contributed by atoms with E-state index in [1.165, 1.54) is 0 Å². The van der Waals surface area contributed by atoms with E-state index in [1.807, 2.05) is 0 Å². The van der Waals surface area contributed by atoms with Crippen molar-refractivity contribution in [1.29, 1.82) is 0 Å². The van der Waals surface area contributed by atoms with Crippen molar-refractivity contribution in [3.63, 3.8) is 0 Å². The number of hydrogen-bond donors (Lipinski definition) is 6. The molecule has 0 saturated carbocycles. The molecule has 0 fully saturated rings. The number of amides is 2. The van der Waals surface area contributed by atoms with Gasteiger partial charge in [0, 0.05) is 61.2 Å². The van der Waals surface area contributed by atoms with E-state index in [9.17, 15) is 29.4 Å². The third-order valence-electron chi connectivity index (χ3n) is 4.61. The maximum Gasteiger partial charge on any atom is 2.00 e. The van der Waals surface area contributed by atoms with Gasteiger partial charge in [-0.05, 0) is 50.0 Å². The van der Waals surface area contributed by atoms with Gasteiger partial charge in [-0.25, -0.2) is 0 Å². The normalized spacial score (nSPS) is 11.4. The van der Waals surface area contributed by atoms with E-state index in [4.69, 9.17) is 0 Å². The Morgan fingerprint density at radius 3 is 1.25 bits per heavy atom. The average Bonchev–Trinajstić information content (AvgIpc) is 2.75. The minimum Gasteiger partial charge on any atom is -1.00 e. The number of aliphatic carboxylic acids is 2. The molecule has 2 N–H and O–H groups in total. The van der Waals surface area contributed by atoms with Crippen LogP contribution in [0.2, 0.25) is 0 Å².